The number of anilines is 1. The lowest BCUT2D eigenvalue weighted by molar-refractivity contribution is 0.0254. The molecule has 1 aliphatic rings. The van der Waals surface area contributed by atoms with Crippen molar-refractivity contribution in [2.45, 2.75) is 44.1 Å². The highest BCUT2D eigenvalue weighted by Crippen LogP contribution is 2.38. The Labute approximate surface area is 167 Å². The summed E-state index contributed by atoms with van der Waals surface area (Å²) in [4.78, 5) is 11.6. The van der Waals surface area contributed by atoms with Crippen molar-refractivity contribution in [3.8, 4) is 0 Å². The number of thioether (sulfide) groups is 1. The van der Waals surface area contributed by atoms with Crippen LogP contribution in [0.2, 0.25) is 0 Å². The lowest BCUT2D eigenvalue weighted by Gasteiger charge is -2.22. The van der Waals surface area contributed by atoms with E-state index in [4.69, 9.17) is 15.5 Å². The van der Waals surface area contributed by atoms with Crippen LogP contribution in [-0.4, -0.2) is 21.8 Å². The highest BCUT2D eigenvalue weighted by atomic mass is 32.2. The molecule has 0 radical (unpaired) electrons. The molecule has 1 aliphatic heterocycles. The summed E-state index contributed by atoms with van der Waals surface area (Å²) in [6.45, 7) is 2.86. The number of ether oxygens (including phenoxy) is 1. The standard InChI is InChI=1S/C21H23N3OS2/c1-2-7-15-12-16-17(13-25-15)27-20-18(16)19(22)23-21(24-20)26-11-6-10-14-8-4-3-5-9-14/h3-6,8-10,15H,2,7,11-13H2,1H3,(H2,22,23,24)/b10-6+/t15-/m0/s1. The number of rotatable bonds is 6. The molecule has 27 heavy (non-hydrogen) atoms. The fourth-order valence-corrected chi connectivity index (χ4v) is 5.22. The van der Waals surface area contributed by atoms with Gasteiger partial charge in [-0.1, -0.05) is 67.6 Å². The van der Waals surface area contributed by atoms with Gasteiger partial charge in [-0.05, 0) is 17.5 Å². The Morgan fingerprint density at radius 1 is 1.30 bits per heavy atom. The summed E-state index contributed by atoms with van der Waals surface area (Å²) in [6.07, 6.45) is 7.67. The number of hydrogen-bond acceptors (Lipinski definition) is 6. The molecular formula is C21H23N3OS2. The molecule has 0 aliphatic carbocycles. The Bertz CT molecular complexity index is 953. The van der Waals surface area contributed by atoms with Crippen LogP contribution in [0.25, 0.3) is 16.3 Å². The Kier molecular flexibility index (Phi) is 5.76. The number of nitrogen functional groups attached to an aromatic ring is 1. The summed E-state index contributed by atoms with van der Waals surface area (Å²) in [6, 6.07) is 10.3. The van der Waals surface area contributed by atoms with Gasteiger partial charge >= 0.3 is 0 Å². The zero-order valence-corrected chi connectivity index (χ0v) is 17.0. The van der Waals surface area contributed by atoms with E-state index in [0.29, 0.717) is 12.4 Å². The predicted octanol–water partition coefficient (Wildman–Crippen LogP) is 5.32. The van der Waals surface area contributed by atoms with E-state index in [2.05, 4.69) is 36.2 Å². The van der Waals surface area contributed by atoms with Crippen LogP contribution in [0.4, 0.5) is 5.82 Å². The van der Waals surface area contributed by atoms with Crippen LogP contribution in [0, 0.1) is 0 Å². The van der Waals surface area contributed by atoms with E-state index in [1.807, 2.05) is 18.2 Å². The van der Waals surface area contributed by atoms with E-state index in [9.17, 15) is 0 Å². The summed E-state index contributed by atoms with van der Waals surface area (Å²) in [5, 5.41) is 1.78. The predicted molar refractivity (Wildman–Crippen MR) is 115 cm³/mol. The summed E-state index contributed by atoms with van der Waals surface area (Å²) in [5.74, 6) is 1.41. The van der Waals surface area contributed by atoms with Crippen molar-refractivity contribution in [3.63, 3.8) is 0 Å². The molecule has 4 rings (SSSR count). The zero-order valence-electron chi connectivity index (χ0n) is 15.4. The molecule has 0 spiro atoms. The van der Waals surface area contributed by atoms with Crippen molar-refractivity contribution in [1.29, 1.82) is 0 Å². The van der Waals surface area contributed by atoms with Crippen LogP contribution >= 0.6 is 23.1 Å². The maximum absolute atomic E-state index is 6.32. The lowest BCUT2D eigenvalue weighted by Crippen LogP contribution is -2.21. The third kappa shape index (κ3) is 4.18. The second-order valence-electron chi connectivity index (χ2n) is 6.63. The summed E-state index contributed by atoms with van der Waals surface area (Å²) >= 11 is 3.31. The molecule has 3 heterocycles. The normalized spacial score (nSPS) is 16.9. The molecule has 0 fully saturated rings. The smallest absolute Gasteiger partial charge is 0.191 e. The van der Waals surface area contributed by atoms with Crippen molar-refractivity contribution in [2.75, 3.05) is 11.5 Å². The molecule has 0 saturated heterocycles. The average molecular weight is 398 g/mol. The third-order valence-corrected chi connectivity index (χ3v) is 6.55. The van der Waals surface area contributed by atoms with Crippen LogP contribution in [0.1, 0.15) is 35.8 Å². The summed E-state index contributed by atoms with van der Waals surface area (Å²) in [5.41, 5.74) is 8.82. The number of hydrogen-bond donors (Lipinski definition) is 1. The van der Waals surface area contributed by atoms with Crippen LogP contribution in [0.5, 0.6) is 0 Å². The van der Waals surface area contributed by atoms with Gasteiger partial charge in [0, 0.05) is 17.1 Å². The molecule has 0 unspecified atom stereocenters. The molecule has 6 heteroatoms. The number of thiophene rings is 1. The average Bonchev–Trinajstić information content (AvgIpc) is 3.04. The zero-order chi connectivity index (χ0) is 18.6. The molecule has 1 aromatic carbocycles. The van der Waals surface area contributed by atoms with Crippen molar-refractivity contribution in [3.05, 3.63) is 52.4 Å². The monoisotopic (exact) mass is 397 g/mol. The highest BCUT2D eigenvalue weighted by Gasteiger charge is 2.25. The SMILES string of the molecule is CCC[C@H]1Cc2c(sc3nc(SC/C=C/c4ccccc4)nc(N)c23)CO1. The Hall–Kier alpha value is -1.89. The Balaban J connectivity index is 1.50. The maximum atomic E-state index is 6.32. The first kappa shape index (κ1) is 18.5. The minimum Gasteiger partial charge on any atom is -0.383 e. The van der Waals surface area contributed by atoms with Crippen molar-refractivity contribution >= 4 is 45.2 Å². The van der Waals surface area contributed by atoms with Crippen LogP contribution in [-0.2, 0) is 17.8 Å². The molecule has 3 aromatic rings. The van der Waals surface area contributed by atoms with Gasteiger partial charge in [0.05, 0.1) is 18.1 Å². The summed E-state index contributed by atoms with van der Waals surface area (Å²) < 4.78 is 5.97. The molecule has 2 N–H and O–H groups in total. The van der Waals surface area contributed by atoms with Crippen LogP contribution < -0.4 is 5.73 Å². The minimum atomic E-state index is 0.289. The molecule has 4 nitrogen and oxygen atoms in total. The van der Waals surface area contributed by atoms with Gasteiger partial charge in [-0.25, -0.2) is 9.97 Å². The first-order chi connectivity index (χ1) is 13.2. The van der Waals surface area contributed by atoms with Crippen molar-refractivity contribution < 1.29 is 4.74 Å². The number of nitrogens with two attached hydrogens (primary N) is 1. The Morgan fingerprint density at radius 2 is 2.15 bits per heavy atom. The van der Waals surface area contributed by atoms with Gasteiger partial charge in [0.1, 0.15) is 10.6 Å². The van der Waals surface area contributed by atoms with E-state index in [0.717, 1.165) is 40.4 Å². The minimum absolute atomic E-state index is 0.289. The largest absolute Gasteiger partial charge is 0.383 e. The lowest BCUT2D eigenvalue weighted by atomic mass is 10.0. The van der Waals surface area contributed by atoms with Crippen molar-refractivity contribution in [2.24, 2.45) is 0 Å². The first-order valence-corrected chi connectivity index (χ1v) is 11.1. The number of fused-ring (bicyclic) bond motifs is 3. The van der Waals surface area contributed by atoms with E-state index in [1.54, 1.807) is 23.1 Å². The highest BCUT2D eigenvalue weighted by molar-refractivity contribution is 7.99. The topological polar surface area (TPSA) is 61.0 Å². The molecule has 140 valence electrons. The van der Waals surface area contributed by atoms with Crippen molar-refractivity contribution in [1.82, 2.24) is 9.97 Å². The fourth-order valence-electron chi connectivity index (χ4n) is 3.37. The van der Waals surface area contributed by atoms with E-state index < -0.39 is 0 Å². The van der Waals surface area contributed by atoms with Gasteiger partial charge in [0.15, 0.2) is 5.16 Å². The second kappa shape index (κ2) is 8.42. The van der Waals surface area contributed by atoms with E-state index in [-0.39, 0.29) is 6.10 Å². The Morgan fingerprint density at radius 3 is 2.96 bits per heavy atom. The molecular weight excluding hydrogens is 374 g/mol. The molecule has 0 bridgehead atoms. The number of aromatic nitrogens is 2. The third-order valence-electron chi connectivity index (χ3n) is 4.65. The molecule has 0 saturated carbocycles. The van der Waals surface area contributed by atoms with E-state index >= 15 is 0 Å². The number of benzene rings is 1. The molecule has 2 aromatic heterocycles. The molecule has 0 amide bonds. The van der Waals surface area contributed by atoms with Crippen LogP contribution in [0.3, 0.4) is 0 Å². The maximum Gasteiger partial charge on any atom is 0.191 e. The quantitative estimate of drug-likeness (QED) is 0.450. The van der Waals surface area contributed by atoms with Gasteiger partial charge < -0.3 is 10.5 Å². The van der Waals surface area contributed by atoms with E-state index in [1.165, 1.54) is 16.0 Å². The fraction of sp³-hybridized carbons (Fsp3) is 0.333. The summed E-state index contributed by atoms with van der Waals surface area (Å²) in [7, 11) is 0. The molecule has 1 atom stereocenters. The van der Waals surface area contributed by atoms with Gasteiger partial charge in [0.2, 0.25) is 0 Å². The number of nitrogens with zero attached hydrogens (tertiary/aromatic N) is 2. The second-order valence-corrected chi connectivity index (χ2v) is 8.70. The van der Waals surface area contributed by atoms with Gasteiger partial charge in [-0.2, -0.15) is 0 Å². The van der Waals surface area contributed by atoms with Crippen LogP contribution in [0.15, 0.2) is 41.6 Å². The van der Waals surface area contributed by atoms with Gasteiger partial charge in [-0.15, -0.1) is 11.3 Å². The van der Waals surface area contributed by atoms with Gasteiger partial charge in [0.25, 0.3) is 0 Å². The van der Waals surface area contributed by atoms with Gasteiger partial charge in [-0.3, -0.25) is 0 Å². The first-order valence-electron chi connectivity index (χ1n) is 9.28.